The minimum absolute atomic E-state index is 0.170. The molecule has 6 nitrogen and oxygen atoms in total. The zero-order valence-electron chi connectivity index (χ0n) is 14.2. The van der Waals surface area contributed by atoms with Crippen LogP contribution in [0, 0.1) is 13.8 Å². The van der Waals surface area contributed by atoms with Crippen LogP contribution < -0.4 is 10.6 Å². The summed E-state index contributed by atoms with van der Waals surface area (Å²) >= 11 is 6.05. The fraction of sp³-hybridized carbons (Fsp3) is 0.105. The molecule has 0 amide bonds. The Labute approximate surface area is 155 Å². The summed E-state index contributed by atoms with van der Waals surface area (Å²) in [4.78, 5) is 20.2. The SMILES string of the molecule is Cc1cc(Nc2ccccc2C(=O)O)nc(Nc2cc(Cl)ccc2C)n1. The largest absolute Gasteiger partial charge is 0.478 e. The van der Waals surface area contributed by atoms with E-state index in [1.54, 1.807) is 30.3 Å². The number of rotatable bonds is 5. The summed E-state index contributed by atoms with van der Waals surface area (Å²) in [6, 6.07) is 13.9. The number of nitrogens with zero attached hydrogens (tertiary/aromatic N) is 2. The predicted molar refractivity (Wildman–Crippen MR) is 103 cm³/mol. The third kappa shape index (κ3) is 4.10. The fourth-order valence-electron chi connectivity index (χ4n) is 2.45. The number of carbonyl (C=O) groups is 1. The number of hydrogen-bond acceptors (Lipinski definition) is 5. The van der Waals surface area contributed by atoms with Gasteiger partial charge in [-0.15, -0.1) is 0 Å². The molecule has 0 bridgehead atoms. The van der Waals surface area contributed by atoms with Crippen molar-refractivity contribution in [3.8, 4) is 0 Å². The molecule has 0 aliphatic heterocycles. The van der Waals surface area contributed by atoms with Crippen LogP contribution in [0.4, 0.5) is 23.1 Å². The Hall–Kier alpha value is -3.12. The summed E-state index contributed by atoms with van der Waals surface area (Å²) in [7, 11) is 0. The summed E-state index contributed by atoms with van der Waals surface area (Å²) in [5.74, 6) is -0.120. The van der Waals surface area contributed by atoms with Gasteiger partial charge in [-0.05, 0) is 43.7 Å². The first-order valence-corrected chi connectivity index (χ1v) is 8.28. The van der Waals surface area contributed by atoms with Crippen LogP contribution in [0.15, 0.2) is 48.5 Å². The van der Waals surface area contributed by atoms with Crippen molar-refractivity contribution in [2.75, 3.05) is 10.6 Å². The lowest BCUT2D eigenvalue weighted by Gasteiger charge is -2.12. The average molecular weight is 369 g/mol. The Morgan fingerprint density at radius 2 is 1.77 bits per heavy atom. The van der Waals surface area contributed by atoms with Gasteiger partial charge < -0.3 is 15.7 Å². The van der Waals surface area contributed by atoms with E-state index >= 15 is 0 Å². The van der Waals surface area contributed by atoms with Crippen LogP contribution in [-0.2, 0) is 0 Å². The second-order valence-corrected chi connectivity index (χ2v) is 6.21. The van der Waals surface area contributed by atoms with Gasteiger partial charge in [0.1, 0.15) is 5.82 Å². The molecular formula is C19H17ClN4O2. The van der Waals surface area contributed by atoms with Crippen molar-refractivity contribution in [1.82, 2.24) is 9.97 Å². The van der Waals surface area contributed by atoms with Gasteiger partial charge in [0.05, 0.1) is 11.3 Å². The summed E-state index contributed by atoms with van der Waals surface area (Å²) in [5.41, 5.74) is 3.18. The van der Waals surface area contributed by atoms with Gasteiger partial charge in [-0.25, -0.2) is 9.78 Å². The lowest BCUT2D eigenvalue weighted by molar-refractivity contribution is 0.0698. The number of benzene rings is 2. The second-order valence-electron chi connectivity index (χ2n) is 5.78. The van der Waals surface area contributed by atoms with Crippen LogP contribution in [0.1, 0.15) is 21.6 Å². The minimum Gasteiger partial charge on any atom is -0.478 e. The van der Waals surface area contributed by atoms with E-state index in [1.165, 1.54) is 6.07 Å². The fourth-order valence-corrected chi connectivity index (χ4v) is 2.63. The molecule has 0 aliphatic rings. The van der Waals surface area contributed by atoms with E-state index in [9.17, 15) is 9.90 Å². The van der Waals surface area contributed by atoms with E-state index in [0.717, 1.165) is 16.9 Å². The highest BCUT2D eigenvalue weighted by Gasteiger charge is 2.11. The van der Waals surface area contributed by atoms with Crippen molar-refractivity contribution in [3.63, 3.8) is 0 Å². The number of nitrogens with one attached hydrogen (secondary N) is 2. The third-order valence-corrected chi connectivity index (χ3v) is 3.96. The van der Waals surface area contributed by atoms with Gasteiger partial charge in [-0.2, -0.15) is 4.98 Å². The van der Waals surface area contributed by atoms with Gasteiger partial charge >= 0.3 is 5.97 Å². The van der Waals surface area contributed by atoms with Crippen LogP contribution in [0.25, 0.3) is 0 Å². The topological polar surface area (TPSA) is 87.1 Å². The first-order chi connectivity index (χ1) is 12.4. The molecule has 0 radical (unpaired) electrons. The Balaban J connectivity index is 1.91. The van der Waals surface area contributed by atoms with Crippen molar-refractivity contribution in [2.24, 2.45) is 0 Å². The van der Waals surface area contributed by atoms with E-state index in [0.29, 0.717) is 22.5 Å². The number of carboxylic acids is 1. The molecular weight excluding hydrogens is 352 g/mol. The smallest absolute Gasteiger partial charge is 0.337 e. The lowest BCUT2D eigenvalue weighted by atomic mass is 10.2. The summed E-state index contributed by atoms with van der Waals surface area (Å²) < 4.78 is 0. The number of halogens is 1. The zero-order chi connectivity index (χ0) is 18.7. The van der Waals surface area contributed by atoms with Crippen molar-refractivity contribution < 1.29 is 9.90 Å². The standard InChI is InChI=1S/C19H17ClN4O2/c1-11-7-8-13(20)10-16(11)23-19-21-12(2)9-17(24-19)22-15-6-4-3-5-14(15)18(25)26/h3-10H,1-2H3,(H,25,26)(H2,21,22,23,24). The maximum atomic E-state index is 11.4. The third-order valence-electron chi connectivity index (χ3n) is 3.72. The summed E-state index contributed by atoms with van der Waals surface area (Å²) in [6.07, 6.45) is 0. The molecule has 0 fully saturated rings. The van der Waals surface area contributed by atoms with Gasteiger partial charge in [-0.1, -0.05) is 29.8 Å². The normalized spacial score (nSPS) is 10.4. The number of hydrogen-bond donors (Lipinski definition) is 3. The number of aryl methyl sites for hydroxylation is 2. The second kappa shape index (κ2) is 7.41. The first-order valence-electron chi connectivity index (χ1n) is 7.90. The number of para-hydroxylation sites is 1. The molecule has 2 aromatic carbocycles. The van der Waals surface area contributed by atoms with Gasteiger partial charge in [0.2, 0.25) is 5.95 Å². The number of anilines is 4. The van der Waals surface area contributed by atoms with E-state index in [4.69, 9.17) is 11.6 Å². The lowest BCUT2D eigenvalue weighted by Crippen LogP contribution is -2.06. The van der Waals surface area contributed by atoms with Crippen LogP contribution in [0.2, 0.25) is 5.02 Å². The maximum Gasteiger partial charge on any atom is 0.337 e. The van der Waals surface area contributed by atoms with Crippen LogP contribution in [0.5, 0.6) is 0 Å². The van der Waals surface area contributed by atoms with Gasteiger partial charge in [0.15, 0.2) is 0 Å². The molecule has 7 heteroatoms. The van der Waals surface area contributed by atoms with Crippen molar-refractivity contribution in [2.45, 2.75) is 13.8 Å². The van der Waals surface area contributed by atoms with Gasteiger partial charge in [-0.3, -0.25) is 0 Å². The first kappa shape index (κ1) is 17.7. The zero-order valence-corrected chi connectivity index (χ0v) is 15.0. The predicted octanol–water partition coefficient (Wildman–Crippen LogP) is 4.93. The molecule has 132 valence electrons. The molecule has 0 spiro atoms. The molecule has 1 aromatic heterocycles. The van der Waals surface area contributed by atoms with Gasteiger partial charge in [0, 0.05) is 22.5 Å². The number of aromatic carboxylic acids is 1. The van der Waals surface area contributed by atoms with E-state index < -0.39 is 5.97 Å². The summed E-state index contributed by atoms with van der Waals surface area (Å²) in [5, 5.41) is 16.1. The summed E-state index contributed by atoms with van der Waals surface area (Å²) in [6.45, 7) is 3.79. The number of aromatic nitrogens is 2. The molecule has 0 saturated heterocycles. The van der Waals surface area contributed by atoms with E-state index in [2.05, 4.69) is 20.6 Å². The van der Waals surface area contributed by atoms with Crippen molar-refractivity contribution >= 4 is 40.7 Å². The average Bonchev–Trinajstić information content (AvgIpc) is 2.58. The molecule has 26 heavy (non-hydrogen) atoms. The maximum absolute atomic E-state index is 11.4. The Bertz CT molecular complexity index is 976. The van der Waals surface area contributed by atoms with Gasteiger partial charge in [0.25, 0.3) is 0 Å². The highest BCUT2D eigenvalue weighted by Crippen LogP contribution is 2.25. The molecule has 1 heterocycles. The van der Waals surface area contributed by atoms with Crippen LogP contribution in [0.3, 0.4) is 0 Å². The molecule has 0 saturated carbocycles. The molecule has 3 N–H and O–H groups in total. The van der Waals surface area contributed by atoms with E-state index in [-0.39, 0.29) is 5.56 Å². The Morgan fingerprint density at radius 1 is 1.00 bits per heavy atom. The molecule has 3 aromatic rings. The molecule has 0 aliphatic carbocycles. The van der Waals surface area contributed by atoms with E-state index in [1.807, 2.05) is 26.0 Å². The Morgan fingerprint density at radius 3 is 2.54 bits per heavy atom. The van der Waals surface area contributed by atoms with Crippen LogP contribution >= 0.6 is 11.6 Å². The minimum atomic E-state index is -1.01. The monoisotopic (exact) mass is 368 g/mol. The van der Waals surface area contributed by atoms with Crippen molar-refractivity contribution in [1.29, 1.82) is 0 Å². The highest BCUT2D eigenvalue weighted by atomic mass is 35.5. The number of carboxylic acid groups (broad SMARTS) is 1. The van der Waals surface area contributed by atoms with Crippen molar-refractivity contribution in [3.05, 3.63) is 70.4 Å². The Kier molecular flexibility index (Phi) is 5.04. The quantitative estimate of drug-likeness (QED) is 0.591. The molecule has 0 unspecified atom stereocenters. The molecule has 3 rings (SSSR count). The molecule has 0 atom stereocenters. The highest BCUT2D eigenvalue weighted by molar-refractivity contribution is 6.30. The van der Waals surface area contributed by atoms with Crippen LogP contribution in [-0.4, -0.2) is 21.0 Å².